The van der Waals surface area contributed by atoms with Gasteiger partial charge in [0.25, 0.3) is 0 Å². The van der Waals surface area contributed by atoms with Crippen LogP contribution in [0.3, 0.4) is 0 Å². The number of alkyl halides is 1. The molecule has 2 N–H and O–H groups in total. The lowest BCUT2D eigenvalue weighted by Crippen LogP contribution is -2.64. The van der Waals surface area contributed by atoms with Gasteiger partial charge < -0.3 is 10.2 Å². The van der Waals surface area contributed by atoms with Crippen LogP contribution in [0.25, 0.3) is 0 Å². The minimum atomic E-state index is -0.717. The second kappa shape index (κ2) is 5.45. The van der Waals surface area contributed by atoms with Gasteiger partial charge in [-0.1, -0.05) is 43.6 Å². The number of rotatable bonds is 1. The first kappa shape index (κ1) is 18.2. The Labute approximate surface area is 150 Å². The van der Waals surface area contributed by atoms with Crippen LogP contribution in [0.5, 0.6) is 0 Å². The Morgan fingerprint density at radius 3 is 2.04 bits per heavy atom. The maximum absolute atomic E-state index is 10.9. The van der Waals surface area contributed by atoms with Crippen molar-refractivity contribution in [3.63, 3.8) is 0 Å². The fourth-order valence-corrected chi connectivity index (χ4v) is 7.90. The molecule has 3 fully saturated rings. The van der Waals surface area contributed by atoms with Crippen molar-refractivity contribution in [1.29, 1.82) is 0 Å². The van der Waals surface area contributed by atoms with Gasteiger partial charge in [-0.05, 0) is 73.5 Å². The van der Waals surface area contributed by atoms with Crippen molar-refractivity contribution in [3.05, 3.63) is 0 Å². The van der Waals surface area contributed by atoms with Crippen molar-refractivity contribution in [3.8, 4) is 0 Å². The summed E-state index contributed by atoms with van der Waals surface area (Å²) in [6, 6.07) is 0. The molecule has 3 aliphatic rings. The highest BCUT2D eigenvalue weighted by atomic mass is 79.9. The smallest absolute Gasteiger partial charge is 0.0675 e. The number of fused-ring (bicyclic) bond motifs is 3. The molecule has 134 valence electrons. The maximum atomic E-state index is 10.9. The first-order chi connectivity index (χ1) is 10.5. The molecule has 7 atom stereocenters. The van der Waals surface area contributed by atoms with Gasteiger partial charge in [0.2, 0.25) is 0 Å². The van der Waals surface area contributed by atoms with Crippen LogP contribution in [-0.4, -0.2) is 27.2 Å². The molecular weight excluding hydrogens is 352 g/mol. The molecule has 0 radical (unpaired) electrons. The third-order valence-corrected chi connectivity index (χ3v) is 10.3. The van der Waals surface area contributed by atoms with Gasteiger partial charge in [-0.25, -0.2) is 0 Å². The van der Waals surface area contributed by atoms with E-state index in [2.05, 4.69) is 43.6 Å². The molecule has 3 rings (SSSR count). The van der Waals surface area contributed by atoms with Crippen LogP contribution in [0.15, 0.2) is 0 Å². The lowest BCUT2D eigenvalue weighted by molar-refractivity contribution is -0.215. The molecule has 0 aromatic carbocycles. The molecule has 0 bridgehead atoms. The Morgan fingerprint density at radius 1 is 0.870 bits per heavy atom. The summed E-state index contributed by atoms with van der Waals surface area (Å²) in [7, 11) is 0. The summed E-state index contributed by atoms with van der Waals surface area (Å²) in [6.07, 6.45) is 6.83. The van der Waals surface area contributed by atoms with Gasteiger partial charge in [0.1, 0.15) is 0 Å². The molecule has 3 heteroatoms. The molecule has 0 spiro atoms. The minimum absolute atomic E-state index is 0.0105. The van der Waals surface area contributed by atoms with Crippen molar-refractivity contribution < 1.29 is 10.2 Å². The lowest BCUT2D eigenvalue weighted by atomic mass is 9.38. The first-order valence-electron chi connectivity index (χ1n) is 9.47. The average molecular weight is 387 g/mol. The van der Waals surface area contributed by atoms with Gasteiger partial charge in [-0.3, -0.25) is 0 Å². The van der Waals surface area contributed by atoms with E-state index in [9.17, 15) is 10.2 Å². The Balaban J connectivity index is 2.01. The monoisotopic (exact) mass is 386 g/mol. The first-order valence-corrected chi connectivity index (χ1v) is 10.4. The van der Waals surface area contributed by atoms with Crippen LogP contribution < -0.4 is 0 Å². The van der Waals surface area contributed by atoms with Gasteiger partial charge in [-0.2, -0.15) is 0 Å². The van der Waals surface area contributed by atoms with Crippen LogP contribution in [0.4, 0.5) is 0 Å². The van der Waals surface area contributed by atoms with Crippen molar-refractivity contribution in [1.82, 2.24) is 0 Å². The summed E-state index contributed by atoms with van der Waals surface area (Å²) in [5, 5.41) is 21.0. The molecule has 3 saturated carbocycles. The minimum Gasteiger partial charge on any atom is -0.396 e. The second-order valence-electron chi connectivity index (χ2n) is 10.1. The predicted octanol–water partition coefficient (Wildman–Crippen LogP) is 4.76. The van der Waals surface area contributed by atoms with E-state index in [4.69, 9.17) is 0 Å². The largest absolute Gasteiger partial charge is 0.396 e. The zero-order valence-electron chi connectivity index (χ0n) is 15.5. The van der Waals surface area contributed by atoms with E-state index in [1.54, 1.807) is 0 Å². The van der Waals surface area contributed by atoms with Gasteiger partial charge in [0.05, 0.1) is 5.60 Å². The van der Waals surface area contributed by atoms with E-state index < -0.39 is 5.60 Å². The number of aliphatic hydroxyl groups is 2. The molecule has 0 aromatic rings. The maximum Gasteiger partial charge on any atom is 0.0675 e. The normalized spacial score (nSPS) is 55.8. The quantitative estimate of drug-likeness (QED) is 0.637. The van der Waals surface area contributed by atoms with Crippen LogP contribution in [0, 0.1) is 34.0 Å². The molecular formula is C20H35BrO2. The summed E-state index contributed by atoms with van der Waals surface area (Å²) in [5.74, 6) is 1.36. The molecule has 0 heterocycles. The topological polar surface area (TPSA) is 40.5 Å². The number of halogens is 1. The SMILES string of the molecule is CC1(C)[C@@H](Br)CC[C@]2(C)[C@@H]3CC[C@@](C)(O)[C@H](CO)[C@@]3(C)CC[C@@H]12. The van der Waals surface area contributed by atoms with Gasteiger partial charge in [-0.15, -0.1) is 0 Å². The molecule has 0 unspecified atom stereocenters. The zero-order chi connectivity index (χ0) is 17.3. The van der Waals surface area contributed by atoms with Gasteiger partial charge in [0.15, 0.2) is 0 Å². The summed E-state index contributed by atoms with van der Waals surface area (Å²) in [4.78, 5) is 0.609. The third-order valence-electron chi connectivity index (χ3n) is 8.67. The highest BCUT2D eigenvalue weighted by Gasteiger charge is 2.64. The summed E-state index contributed by atoms with van der Waals surface area (Å²) < 4.78 is 0. The summed E-state index contributed by atoms with van der Waals surface area (Å²) >= 11 is 3.96. The van der Waals surface area contributed by atoms with Crippen molar-refractivity contribution in [2.24, 2.45) is 34.0 Å². The fourth-order valence-electron chi connectivity index (χ4n) is 7.36. The summed E-state index contributed by atoms with van der Waals surface area (Å²) in [6.45, 7) is 11.8. The Morgan fingerprint density at radius 2 is 1.43 bits per heavy atom. The Kier molecular flexibility index (Phi) is 4.31. The number of aliphatic hydroxyl groups excluding tert-OH is 1. The van der Waals surface area contributed by atoms with Gasteiger partial charge >= 0.3 is 0 Å². The zero-order valence-corrected chi connectivity index (χ0v) is 17.1. The van der Waals surface area contributed by atoms with Crippen molar-refractivity contribution in [2.75, 3.05) is 6.61 Å². The van der Waals surface area contributed by atoms with Crippen LogP contribution in [0.2, 0.25) is 0 Å². The molecule has 0 aliphatic heterocycles. The molecule has 0 amide bonds. The van der Waals surface area contributed by atoms with Gasteiger partial charge in [0, 0.05) is 17.4 Å². The van der Waals surface area contributed by atoms with Crippen LogP contribution in [0.1, 0.15) is 73.1 Å². The van der Waals surface area contributed by atoms with E-state index in [1.165, 1.54) is 19.3 Å². The highest BCUT2D eigenvalue weighted by molar-refractivity contribution is 9.09. The molecule has 3 aliphatic carbocycles. The van der Waals surface area contributed by atoms with E-state index >= 15 is 0 Å². The van der Waals surface area contributed by atoms with Crippen molar-refractivity contribution in [2.45, 2.75) is 83.6 Å². The van der Waals surface area contributed by atoms with E-state index in [-0.39, 0.29) is 17.9 Å². The van der Waals surface area contributed by atoms with E-state index in [1.807, 2.05) is 6.92 Å². The molecule has 23 heavy (non-hydrogen) atoms. The number of hydrogen-bond donors (Lipinski definition) is 2. The second-order valence-corrected chi connectivity index (χ2v) is 11.2. The number of hydrogen-bond acceptors (Lipinski definition) is 2. The fraction of sp³-hybridized carbons (Fsp3) is 1.00. The summed E-state index contributed by atoms with van der Waals surface area (Å²) in [5.41, 5.74) is 0.00994. The third kappa shape index (κ3) is 2.39. The highest BCUT2D eigenvalue weighted by Crippen LogP contribution is 2.70. The molecule has 0 saturated heterocycles. The Hall–Kier alpha value is 0.400. The van der Waals surface area contributed by atoms with E-state index in [0.29, 0.717) is 21.6 Å². The van der Waals surface area contributed by atoms with Crippen LogP contribution in [-0.2, 0) is 0 Å². The lowest BCUT2D eigenvalue weighted by Gasteiger charge is -2.68. The Bertz CT molecular complexity index is 474. The van der Waals surface area contributed by atoms with E-state index in [0.717, 1.165) is 25.2 Å². The molecule has 2 nitrogen and oxygen atoms in total. The standard InChI is InChI=1S/C20H35BrO2/c1-17(2)13-6-9-19(4)14(18(13,3)10-8-16(17)21)7-11-20(5,23)15(19)12-22/h13-16,22-23H,6-12H2,1-5H3/t13-,14-,15+,16-,18-,19-,20+/m0/s1. The molecule has 0 aromatic heterocycles. The average Bonchev–Trinajstić information content (AvgIpc) is 2.42. The van der Waals surface area contributed by atoms with Crippen molar-refractivity contribution >= 4 is 15.9 Å². The predicted molar refractivity (Wildman–Crippen MR) is 98.6 cm³/mol. The van der Waals surface area contributed by atoms with Crippen LogP contribution >= 0.6 is 15.9 Å².